The Kier molecular flexibility index (Phi) is 4.54. The van der Waals surface area contributed by atoms with Gasteiger partial charge in [0, 0.05) is 6.61 Å². The molecule has 3 atom stereocenters. The van der Waals surface area contributed by atoms with Crippen molar-refractivity contribution in [2.45, 2.75) is 51.8 Å². The maximum absolute atomic E-state index is 11.7. The van der Waals surface area contributed by atoms with E-state index in [0.717, 1.165) is 19.4 Å². The fourth-order valence-corrected chi connectivity index (χ4v) is 1.71. The number of carbonyl (C=O) groups excluding carboxylic acids is 1. The van der Waals surface area contributed by atoms with Crippen LogP contribution in [0, 0.1) is 5.92 Å². The van der Waals surface area contributed by atoms with Crippen molar-refractivity contribution < 1.29 is 9.53 Å². The van der Waals surface area contributed by atoms with Crippen LogP contribution >= 0.6 is 0 Å². The summed E-state index contributed by atoms with van der Waals surface area (Å²) < 4.78 is 5.50. The molecule has 0 spiro atoms. The smallest absolute Gasteiger partial charge is 0.237 e. The summed E-state index contributed by atoms with van der Waals surface area (Å²) in [6.45, 7) is 6.67. The minimum Gasteiger partial charge on any atom is -0.376 e. The van der Waals surface area contributed by atoms with E-state index in [2.05, 4.69) is 5.32 Å². The van der Waals surface area contributed by atoms with Crippen molar-refractivity contribution in [2.75, 3.05) is 6.61 Å². The van der Waals surface area contributed by atoms with Gasteiger partial charge in [-0.3, -0.25) is 4.79 Å². The average Bonchev–Trinajstić information content (AvgIpc) is 2.68. The molecule has 0 saturated carbocycles. The maximum Gasteiger partial charge on any atom is 0.237 e. The van der Waals surface area contributed by atoms with E-state index >= 15 is 0 Å². The van der Waals surface area contributed by atoms with Crippen molar-refractivity contribution in [1.82, 2.24) is 5.32 Å². The van der Waals surface area contributed by atoms with Crippen LogP contribution in [0.15, 0.2) is 0 Å². The zero-order chi connectivity index (χ0) is 11.4. The Hall–Kier alpha value is -0.610. The first-order valence-electron chi connectivity index (χ1n) is 5.70. The Labute approximate surface area is 91.5 Å². The van der Waals surface area contributed by atoms with Crippen molar-refractivity contribution in [3.05, 3.63) is 0 Å². The van der Waals surface area contributed by atoms with Crippen LogP contribution < -0.4 is 11.1 Å². The lowest BCUT2D eigenvalue weighted by atomic mass is 10.0. The number of hydrogen-bond donors (Lipinski definition) is 2. The third-order valence-corrected chi connectivity index (χ3v) is 2.91. The molecule has 88 valence electrons. The van der Waals surface area contributed by atoms with Gasteiger partial charge in [0.15, 0.2) is 0 Å². The van der Waals surface area contributed by atoms with E-state index in [4.69, 9.17) is 10.5 Å². The van der Waals surface area contributed by atoms with Gasteiger partial charge in [-0.25, -0.2) is 0 Å². The van der Waals surface area contributed by atoms with E-state index in [1.165, 1.54) is 0 Å². The van der Waals surface area contributed by atoms with Crippen LogP contribution in [-0.4, -0.2) is 30.7 Å². The molecule has 0 aromatic carbocycles. The number of carbonyl (C=O) groups is 1. The Morgan fingerprint density at radius 3 is 2.60 bits per heavy atom. The van der Waals surface area contributed by atoms with Gasteiger partial charge in [0.25, 0.3) is 0 Å². The Bertz CT molecular complexity index is 213. The highest BCUT2D eigenvalue weighted by molar-refractivity contribution is 5.82. The van der Waals surface area contributed by atoms with Crippen LogP contribution in [0.25, 0.3) is 0 Å². The van der Waals surface area contributed by atoms with Crippen molar-refractivity contribution in [2.24, 2.45) is 11.7 Å². The molecule has 1 rings (SSSR count). The number of hydrogen-bond acceptors (Lipinski definition) is 3. The van der Waals surface area contributed by atoms with Crippen molar-refractivity contribution in [1.29, 1.82) is 0 Å². The molecule has 2 unspecified atom stereocenters. The second kappa shape index (κ2) is 5.47. The minimum absolute atomic E-state index is 0.0600. The molecule has 0 aliphatic carbocycles. The fraction of sp³-hybridized carbons (Fsp3) is 0.909. The van der Waals surface area contributed by atoms with Crippen LogP contribution in [0.1, 0.15) is 33.6 Å². The van der Waals surface area contributed by atoms with Crippen LogP contribution in [0.4, 0.5) is 0 Å². The average molecular weight is 214 g/mol. The number of nitrogens with two attached hydrogens (primary N) is 1. The standard InChI is InChI=1S/C11H22N2O2/c1-7(2)10(12)11(14)13-8(3)9-5-4-6-15-9/h7-10H,4-6,12H2,1-3H3,(H,13,14)/t8?,9?,10-/m1/s1. The number of amides is 1. The summed E-state index contributed by atoms with van der Waals surface area (Å²) in [6, 6.07) is -0.362. The van der Waals surface area contributed by atoms with E-state index in [9.17, 15) is 4.79 Å². The molecule has 4 heteroatoms. The molecule has 1 aliphatic rings. The molecule has 1 fully saturated rings. The Balaban J connectivity index is 2.36. The van der Waals surface area contributed by atoms with Gasteiger partial charge in [0.2, 0.25) is 5.91 Å². The summed E-state index contributed by atoms with van der Waals surface area (Å²) in [6.07, 6.45) is 2.27. The molecule has 0 aromatic heterocycles. The zero-order valence-electron chi connectivity index (χ0n) is 9.82. The summed E-state index contributed by atoms with van der Waals surface area (Å²) in [5.74, 6) is 0.0923. The lowest BCUT2D eigenvalue weighted by molar-refractivity contribution is -0.124. The largest absolute Gasteiger partial charge is 0.376 e. The zero-order valence-corrected chi connectivity index (χ0v) is 9.82. The maximum atomic E-state index is 11.7. The molecule has 1 saturated heterocycles. The highest BCUT2D eigenvalue weighted by atomic mass is 16.5. The molecular formula is C11H22N2O2. The predicted molar refractivity (Wildman–Crippen MR) is 59.4 cm³/mol. The van der Waals surface area contributed by atoms with E-state index in [-0.39, 0.29) is 24.0 Å². The Morgan fingerprint density at radius 2 is 2.13 bits per heavy atom. The van der Waals surface area contributed by atoms with Gasteiger partial charge in [-0.2, -0.15) is 0 Å². The normalized spacial score (nSPS) is 25.3. The second-order valence-electron chi connectivity index (χ2n) is 4.62. The van der Waals surface area contributed by atoms with Gasteiger partial charge in [-0.05, 0) is 25.7 Å². The van der Waals surface area contributed by atoms with E-state index < -0.39 is 6.04 Å². The van der Waals surface area contributed by atoms with E-state index in [1.54, 1.807) is 0 Å². The first-order valence-corrected chi connectivity index (χ1v) is 5.70. The predicted octanol–water partition coefficient (Wildman–Crippen LogP) is 0.653. The van der Waals surface area contributed by atoms with E-state index in [0.29, 0.717) is 0 Å². The highest BCUT2D eigenvalue weighted by Crippen LogP contribution is 2.15. The van der Waals surface area contributed by atoms with Crippen molar-refractivity contribution >= 4 is 5.91 Å². The monoisotopic (exact) mass is 214 g/mol. The molecule has 1 heterocycles. The minimum atomic E-state index is -0.422. The SMILES string of the molecule is CC(NC(=O)[C@H](N)C(C)C)C1CCCO1. The first kappa shape index (κ1) is 12.5. The molecule has 0 bridgehead atoms. The van der Waals surface area contributed by atoms with E-state index in [1.807, 2.05) is 20.8 Å². The van der Waals surface area contributed by atoms with Gasteiger partial charge < -0.3 is 15.8 Å². The van der Waals surface area contributed by atoms with Crippen molar-refractivity contribution in [3.63, 3.8) is 0 Å². The lowest BCUT2D eigenvalue weighted by Gasteiger charge is -2.23. The van der Waals surface area contributed by atoms with Crippen LogP contribution in [-0.2, 0) is 9.53 Å². The molecule has 0 radical (unpaired) electrons. The summed E-state index contributed by atoms with van der Waals surface area (Å²) in [7, 11) is 0. The molecule has 4 nitrogen and oxygen atoms in total. The summed E-state index contributed by atoms with van der Waals surface area (Å²) >= 11 is 0. The van der Waals surface area contributed by atoms with Crippen LogP contribution in [0.5, 0.6) is 0 Å². The van der Waals surface area contributed by atoms with Crippen molar-refractivity contribution in [3.8, 4) is 0 Å². The van der Waals surface area contributed by atoms with Gasteiger partial charge >= 0.3 is 0 Å². The topological polar surface area (TPSA) is 64.4 Å². The summed E-state index contributed by atoms with van der Waals surface area (Å²) in [5.41, 5.74) is 5.75. The van der Waals surface area contributed by atoms with Gasteiger partial charge in [0.1, 0.15) is 0 Å². The molecule has 1 amide bonds. The summed E-state index contributed by atoms with van der Waals surface area (Å²) in [5, 5.41) is 2.91. The van der Waals surface area contributed by atoms with Gasteiger partial charge in [-0.1, -0.05) is 13.8 Å². The lowest BCUT2D eigenvalue weighted by Crippen LogP contribution is -2.50. The highest BCUT2D eigenvalue weighted by Gasteiger charge is 2.26. The Morgan fingerprint density at radius 1 is 1.47 bits per heavy atom. The third-order valence-electron chi connectivity index (χ3n) is 2.91. The summed E-state index contributed by atoms with van der Waals surface area (Å²) in [4.78, 5) is 11.7. The first-order chi connectivity index (χ1) is 7.02. The molecule has 1 aliphatic heterocycles. The van der Waals surface area contributed by atoms with Gasteiger partial charge in [-0.15, -0.1) is 0 Å². The molecule has 15 heavy (non-hydrogen) atoms. The van der Waals surface area contributed by atoms with Gasteiger partial charge in [0.05, 0.1) is 18.2 Å². The molecule has 0 aromatic rings. The van der Waals surface area contributed by atoms with Crippen LogP contribution in [0.2, 0.25) is 0 Å². The molecule has 3 N–H and O–H groups in total. The third kappa shape index (κ3) is 3.47. The van der Waals surface area contributed by atoms with Crippen LogP contribution in [0.3, 0.4) is 0 Å². The number of nitrogens with one attached hydrogen (secondary N) is 1. The number of ether oxygens (including phenoxy) is 1. The number of rotatable bonds is 4. The second-order valence-corrected chi connectivity index (χ2v) is 4.62. The fourth-order valence-electron chi connectivity index (χ4n) is 1.71. The quantitative estimate of drug-likeness (QED) is 0.722. The molecular weight excluding hydrogens is 192 g/mol.